The van der Waals surface area contributed by atoms with Crippen LogP contribution < -0.4 is 10.6 Å². The Morgan fingerprint density at radius 3 is 2.17 bits per heavy atom. The Morgan fingerprint density at radius 1 is 1.04 bits per heavy atom. The predicted molar refractivity (Wildman–Crippen MR) is 97.2 cm³/mol. The number of carbonyl (C=O) groups is 2. The molecule has 24 heavy (non-hydrogen) atoms. The summed E-state index contributed by atoms with van der Waals surface area (Å²) in [6, 6.07) is 6.38. The molecule has 1 saturated carbocycles. The molecule has 1 unspecified atom stereocenters. The van der Waals surface area contributed by atoms with Gasteiger partial charge in [0.05, 0.1) is 0 Å². The molecule has 1 atom stereocenters. The maximum absolute atomic E-state index is 12.6. The van der Waals surface area contributed by atoms with E-state index in [4.69, 9.17) is 11.6 Å². The zero-order chi connectivity index (χ0) is 17.5. The second kappa shape index (κ2) is 9.07. The third-order valence-corrected chi connectivity index (χ3v) is 4.80. The summed E-state index contributed by atoms with van der Waals surface area (Å²) < 4.78 is 0. The largest absolute Gasteiger partial charge is 0.352 e. The quantitative estimate of drug-likeness (QED) is 0.790. The number of carbonyl (C=O) groups excluding carboxylic acids is 2. The summed E-state index contributed by atoms with van der Waals surface area (Å²) in [4.78, 5) is 25.0. The Kier molecular flexibility index (Phi) is 7.10. The first-order chi connectivity index (χ1) is 11.5. The van der Waals surface area contributed by atoms with Gasteiger partial charge >= 0.3 is 0 Å². The van der Waals surface area contributed by atoms with Crippen LogP contribution >= 0.6 is 11.6 Å². The molecule has 2 N–H and O–H groups in total. The first kappa shape index (κ1) is 18.8. The molecule has 4 nitrogen and oxygen atoms in total. The minimum atomic E-state index is -0.531. The first-order valence-corrected chi connectivity index (χ1v) is 9.22. The molecule has 0 spiro atoms. The van der Waals surface area contributed by atoms with Gasteiger partial charge in [0.2, 0.25) is 5.91 Å². The molecule has 2 rings (SSSR count). The van der Waals surface area contributed by atoms with Crippen LogP contribution in [0.25, 0.3) is 0 Å². The van der Waals surface area contributed by atoms with E-state index in [0.29, 0.717) is 10.6 Å². The SMILES string of the molecule is CC(C)C(NC(=O)c1ccc(Cl)cc1)C(=O)NC1CCCCCC1. The topological polar surface area (TPSA) is 58.2 Å². The lowest BCUT2D eigenvalue weighted by Crippen LogP contribution is -2.52. The van der Waals surface area contributed by atoms with Crippen LogP contribution in [-0.4, -0.2) is 23.9 Å². The van der Waals surface area contributed by atoms with Gasteiger partial charge in [-0.15, -0.1) is 0 Å². The molecule has 0 aliphatic heterocycles. The normalized spacial score (nSPS) is 17.2. The van der Waals surface area contributed by atoms with Gasteiger partial charge in [0.15, 0.2) is 0 Å². The number of nitrogens with one attached hydrogen (secondary N) is 2. The zero-order valence-corrected chi connectivity index (χ0v) is 15.2. The lowest BCUT2D eigenvalue weighted by Gasteiger charge is -2.25. The van der Waals surface area contributed by atoms with E-state index in [1.54, 1.807) is 24.3 Å². The van der Waals surface area contributed by atoms with Crippen molar-refractivity contribution in [3.05, 3.63) is 34.9 Å². The molecule has 2 amide bonds. The lowest BCUT2D eigenvalue weighted by molar-refractivity contribution is -0.124. The van der Waals surface area contributed by atoms with Crippen LogP contribution in [0.15, 0.2) is 24.3 Å². The van der Waals surface area contributed by atoms with E-state index in [9.17, 15) is 9.59 Å². The fourth-order valence-corrected chi connectivity index (χ4v) is 3.20. The summed E-state index contributed by atoms with van der Waals surface area (Å²) in [7, 11) is 0. The van der Waals surface area contributed by atoms with Gasteiger partial charge in [-0.05, 0) is 43.0 Å². The maximum Gasteiger partial charge on any atom is 0.251 e. The molecule has 1 fully saturated rings. The van der Waals surface area contributed by atoms with E-state index in [2.05, 4.69) is 10.6 Å². The Balaban J connectivity index is 1.98. The zero-order valence-electron chi connectivity index (χ0n) is 14.5. The molecular formula is C19H27ClN2O2. The Morgan fingerprint density at radius 2 is 1.62 bits per heavy atom. The molecule has 132 valence electrons. The van der Waals surface area contributed by atoms with E-state index < -0.39 is 6.04 Å². The molecule has 5 heteroatoms. The summed E-state index contributed by atoms with van der Waals surface area (Å²) in [6.07, 6.45) is 6.87. The van der Waals surface area contributed by atoms with E-state index in [1.165, 1.54) is 12.8 Å². The van der Waals surface area contributed by atoms with Crippen molar-refractivity contribution in [2.75, 3.05) is 0 Å². The van der Waals surface area contributed by atoms with E-state index >= 15 is 0 Å². The first-order valence-electron chi connectivity index (χ1n) is 8.84. The van der Waals surface area contributed by atoms with Gasteiger partial charge in [0.25, 0.3) is 5.91 Å². The molecule has 0 saturated heterocycles. The molecule has 1 aliphatic carbocycles. The van der Waals surface area contributed by atoms with Gasteiger partial charge in [0, 0.05) is 16.6 Å². The molecule has 1 aromatic rings. The molecule has 0 bridgehead atoms. The van der Waals surface area contributed by atoms with Gasteiger partial charge < -0.3 is 10.6 Å². The molecular weight excluding hydrogens is 324 g/mol. The van der Waals surface area contributed by atoms with Crippen molar-refractivity contribution < 1.29 is 9.59 Å². The number of hydrogen-bond acceptors (Lipinski definition) is 2. The Hall–Kier alpha value is -1.55. The standard InChI is InChI=1S/C19H27ClN2O2/c1-13(2)17(19(24)21-16-7-5-3-4-6-8-16)22-18(23)14-9-11-15(20)12-10-14/h9-13,16-17H,3-8H2,1-2H3,(H,21,24)(H,22,23). The average molecular weight is 351 g/mol. The highest BCUT2D eigenvalue weighted by Crippen LogP contribution is 2.18. The highest BCUT2D eigenvalue weighted by Gasteiger charge is 2.26. The number of rotatable bonds is 5. The van der Waals surface area contributed by atoms with Crippen LogP contribution in [0.3, 0.4) is 0 Å². The van der Waals surface area contributed by atoms with E-state index in [1.807, 2.05) is 13.8 Å². The highest BCUT2D eigenvalue weighted by molar-refractivity contribution is 6.30. The fraction of sp³-hybridized carbons (Fsp3) is 0.579. The van der Waals surface area contributed by atoms with Crippen molar-refractivity contribution in [2.24, 2.45) is 5.92 Å². The number of benzene rings is 1. The van der Waals surface area contributed by atoms with Gasteiger partial charge in [-0.1, -0.05) is 51.1 Å². The summed E-state index contributed by atoms with van der Waals surface area (Å²) >= 11 is 5.85. The summed E-state index contributed by atoms with van der Waals surface area (Å²) in [5.74, 6) is -0.312. The van der Waals surface area contributed by atoms with Crippen LogP contribution in [0.2, 0.25) is 5.02 Å². The second-order valence-corrected chi connectivity index (χ2v) is 7.34. The van der Waals surface area contributed by atoms with E-state index in [-0.39, 0.29) is 23.8 Å². The van der Waals surface area contributed by atoms with Crippen molar-refractivity contribution >= 4 is 23.4 Å². The van der Waals surface area contributed by atoms with E-state index in [0.717, 1.165) is 25.7 Å². The average Bonchev–Trinajstić information content (AvgIpc) is 2.81. The minimum Gasteiger partial charge on any atom is -0.352 e. The Labute approximate surface area is 149 Å². The third kappa shape index (κ3) is 5.52. The van der Waals surface area contributed by atoms with Crippen LogP contribution in [-0.2, 0) is 4.79 Å². The van der Waals surface area contributed by atoms with Crippen molar-refractivity contribution in [3.63, 3.8) is 0 Å². The van der Waals surface area contributed by atoms with Crippen molar-refractivity contribution in [2.45, 2.75) is 64.5 Å². The number of amides is 2. The van der Waals surface area contributed by atoms with Gasteiger partial charge in [-0.2, -0.15) is 0 Å². The van der Waals surface area contributed by atoms with Gasteiger partial charge in [-0.25, -0.2) is 0 Å². The molecule has 0 radical (unpaired) electrons. The molecule has 0 heterocycles. The van der Waals surface area contributed by atoms with Crippen LogP contribution in [0.1, 0.15) is 62.7 Å². The second-order valence-electron chi connectivity index (χ2n) is 6.90. The van der Waals surface area contributed by atoms with Crippen molar-refractivity contribution in [3.8, 4) is 0 Å². The molecule has 0 aromatic heterocycles. The number of halogens is 1. The monoisotopic (exact) mass is 350 g/mol. The fourth-order valence-electron chi connectivity index (χ4n) is 3.08. The molecule has 1 aliphatic rings. The Bertz CT molecular complexity index is 549. The third-order valence-electron chi connectivity index (χ3n) is 4.54. The van der Waals surface area contributed by atoms with Crippen LogP contribution in [0.5, 0.6) is 0 Å². The minimum absolute atomic E-state index is 0.0204. The van der Waals surface area contributed by atoms with Crippen LogP contribution in [0.4, 0.5) is 0 Å². The van der Waals surface area contributed by atoms with Crippen molar-refractivity contribution in [1.82, 2.24) is 10.6 Å². The smallest absolute Gasteiger partial charge is 0.251 e. The highest BCUT2D eigenvalue weighted by atomic mass is 35.5. The summed E-state index contributed by atoms with van der Waals surface area (Å²) in [5, 5.41) is 6.58. The van der Waals surface area contributed by atoms with Gasteiger partial charge in [0.1, 0.15) is 6.04 Å². The van der Waals surface area contributed by atoms with Crippen molar-refractivity contribution in [1.29, 1.82) is 0 Å². The summed E-state index contributed by atoms with van der Waals surface area (Å²) in [6.45, 7) is 3.89. The lowest BCUT2D eigenvalue weighted by atomic mass is 10.0. The van der Waals surface area contributed by atoms with Gasteiger partial charge in [-0.3, -0.25) is 9.59 Å². The van der Waals surface area contributed by atoms with Crippen LogP contribution in [0, 0.1) is 5.92 Å². The maximum atomic E-state index is 12.6. The predicted octanol–water partition coefficient (Wildman–Crippen LogP) is 3.93. The molecule has 1 aromatic carbocycles. The number of hydrogen-bond donors (Lipinski definition) is 2. The summed E-state index contributed by atoms with van der Waals surface area (Å²) in [5.41, 5.74) is 0.507.